The molecule has 0 aliphatic rings. The van der Waals surface area contributed by atoms with Crippen molar-refractivity contribution < 1.29 is 9.53 Å². The van der Waals surface area contributed by atoms with E-state index in [1.54, 1.807) is 7.11 Å². The van der Waals surface area contributed by atoms with Crippen molar-refractivity contribution in [1.82, 2.24) is 15.3 Å². The topological polar surface area (TPSA) is 76.1 Å². The number of aromatic nitrogens is 2. The van der Waals surface area contributed by atoms with Crippen molar-refractivity contribution in [3.05, 3.63) is 77.6 Å². The van der Waals surface area contributed by atoms with Crippen LogP contribution in [0.1, 0.15) is 41.3 Å². The monoisotopic (exact) mass is 376 g/mol. The average molecular weight is 376 g/mol. The Hall–Kier alpha value is -3.41. The van der Waals surface area contributed by atoms with Crippen LogP contribution in [0.2, 0.25) is 0 Å². The second-order valence-corrected chi connectivity index (χ2v) is 6.69. The van der Waals surface area contributed by atoms with E-state index in [0.29, 0.717) is 24.0 Å². The van der Waals surface area contributed by atoms with Crippen LogP contribution >= 0.6 is 0 Å². The summed E-state index contributed by atoms with van der Waals surface area (Å²) in [6, 6.07) is 15.6. The molecule has 1 heterocycles. The van der Waals surface area contributed by atoms with Gasteiger partial charge in [0, 0.05) is 24.6 Å². The molecule has 0 radical (unpaired) electrons. The Labute approximate surface area is 165 Å². The fourth-order valence-electron chi connectivity index (χ4n) is 2.77. The first kappa shape index (κ1) is 19.4. The van der Waals surface area contributed by atoms with E-state index in [9.17, 15) is 4.79 Å². The number of nitrogens with zero attached hydrogens (tertiary/aromatic N) is 2. The number of carbonyl (C=O) groups excluding carboxylic acids is 1. The fourth-order valence-corrected chi connectivity index (χ4v) is 2.77. The average Bonchev–Trinajstić information content (AvgIpc) is 2.73. The molecular formula is C22H24N4O2. The standard InChI is InChI=1S/C22H24N4O2/c1-15(2)19-6-4-5-7-20(19)26-22-24-13-17(14-25-22)21(27)23-12-16-8-10-18(28-3)11-9-16/h4-11,13-15H,12H2,1-3H3,(H,23,27)(H,24,25,26). The molecule has 1 amide bonds. The summed E-state index contributed by atoms with van der Waals surface area (Å²) < 4.78 is 5.13. The predicted octanol–water partition coefficient (Wildman–Crippen LogP) is 4.28. The van der Waals surface area contributed by atoms with Crippen molar-refractivity contribution in [2.45, 2.75) is 26.3 Å². The molecule has 0 aliphatic heterocycles. The second kappa shape index (κ2) is 8.99. The van der Waals surface area contributed by atoms with Gasteiger partial charge in [-0.3, -0.25) is 4.79 Å². The van der Waals surface area contributed by atoms with Gasteiger partial charge in [-0.15, -0.1) is 0 Å². The summed E-state index contributed by atoms with van der Waals surface area (Å²) in [6.07, 6.45) is 3.05. The fraction of sp³-hybridized carbons (Fsp3) is 0.227. The normalized spacial score (nSPS) is 10.6. The van der Waals surface area contributed by atoms with E-state index >= 15 is 0 Å². The van der Waals surface area contributed by atoms with Gasteiger partial charge in [0.1, 0.15) is 5.75 Å². The van der Waals surface area contributed by atoms with E-state index in [-0.39, 0.29) is 5.91 Å². The first-order chi connectivity index (χ1) is 13.6. The van der Waals surface area contributed by atoms with Gasteiger partial charge in [-0.2, -0.15) is 0 Å². The molecule has 0 saturated carbocycles. The van der Waals surface area contributed by atoms with E-state index in [0.717, 1.165) is 17.0 Å². The molecular weight excluding hydrogens is 352 g/mol. The number of para-hydroxylation sites is 1. The van der Waals surface area contributed by atoms with Crippen molar-refractivity contribution >= 4 is 17.5 Å². The van der Waals surface area contributed by atoms with Gasteiger partial charge in [0.15, 0.2) is 0 Å². The molecule has 6 nitrogen and oxygen atoms in total. The lowest BCUT2D eigenvalue weighted by atomic mass is 10.0. The maximum absolute atomic E-state index is 12.3. The first-order valence-corrected chi connectivity index (χ1v) is 9.16. The van der Waals surface area contributed by atoms with Gasteiger partial charge in [0.25, 0.3) is 5.91 Å². The molecule has 6 heteroatoms. The molecule has 0 bridgehead atoms. The molecule has 2 N–H and O–H groups in total. The summed E-state index contributed by atoms with van der Waals surface area (Å²) in [5.74, 6) is 1.40. The summed E-state index contributed by atoms with van der Waals surface area (Å²) >= 11 is 0. The van der Waals surface area contributed by atoms with Gasteiger partial charge < -0.3 is 15.4 Å². The van der Waals surface area contributed by atoms with Crippen LogP contribution in [0.25, 0.3) is 0 Å². The Morgan fingerprint density at radius 2 is 1.71 bits per heavy atom. The van der Waals surface area contributed by atoms with Crippen molar-refractivity contribution in [3.63, 3.8) is 0 Å². The number of hydrogen-bond donors (Lipinski definition) is 2. The Bertz CT molecular complexity index is 922. The van der Waals surface area contributed by atoms with Crippen molar-refractivity contribution in [1.29, 1.82) is 0 Å². The third-order valence-electron chi connectivity index (χ3n) is 4.36. The van der Waals surface area contributed by atoms with Gasteiger partial charge in [-0.05, 0) is 35.2 Å². The largest absolute Gasteiger partial charge is 0.497 e. The SMILES string of the molecule is COc1ccc(CNC(=O)c2cnc(Nc3ccccc3C(C)C)nc2)cc1. The van der Waals surface area contributed by atoms with Crippen molar-refractivity contribution in [2.24, 2.45) is 0 Å². The Morgan fingerprint density at radius 3 is 2.36 bits per heavy atom. The van der Waals surface area contributed by atoms with Gasteiger partial charge in [0.2, 0.25) is 5.95 Å². The molecule has 2 aromatic carbocycles. The molecule has 0 fully saturated rings. The number of anilines is 2. The molecule has 0 saturated heterocycles. The number of amides is 1. The van der Waals surface area contributed by atoms with Gasteiger partial charge in [-0.1, -0.05) is 44.2 Å². The zero-order valence-corrected chi connectivity index (χ0v) is 16.3. The van der Waals surface area contributed by atoms with Crippen LogP contribution in [0.4, 0.5) is 11.6 Å². The molecule has 1 aromatic heterocycles. The van der Waals surface area contributed by atoms with Crippen LogP contribution in [-0.4, -0.2) is 23.0 Å². The summed E-state index contributed by atoms with van der Waals surface area (Å²) in [5.41, 5.74) is 3.55. The molecule has 3 rings (SSSR count). The molecule has 0 atom stereocenters. The number of methoxy groups -OCH3 is 1. The Morgan fingerprint density at radius 1 is 1.04 bits per heavy atom. The lowest BCUT2D eigenvalue weighted by molar-refractivity contribution is 0.0950. The van der Waals surface area contributed by atoms with Gasteiger partial charge >= 0.3 is 0 Å². The minimum Gasteiger partial charge on any atom is -0.497 e. The predicted molar refractivity (Wildman–Crippen MR) is 110 cm³/mol. The van der Waals surface area contributed by atoms with Crippen molar-refractivity contribution in [2.75, 3.05) is 12.4 Å². The number of carbonyl (C=O) groups is 1. The van der Waals surface area contributed by atoms with E-state index in [1.807, 2.05) is 42.5 Å². The summed E-state index contributed by atoms with van der Waals surface area (Å²) in [7, 11) is 1.62. The van der Waals surface area contributed by atoms with Crippen LogP contribution in [-0.2, 0) is 6.54 Å². The Balaban J connectivity index is 1.61. The number of rotatable bonds is 7. The minimum atomic E-state index is -0.218. The van der Waals surface area contributed by atoms with Gasteiger partial charge in [-0.25, -0.2) is 9.97 Å². The highest BCUT2D eigenvalue weighted by molar-refractivity contribution is 5.93. The van der Waals surface area contributed by atoms with Crippen LogP contribution in [0, 0.1) is 0 Å². The van der Waals surface area contributed by atoms with Crippen molar-refractivity contribution in [3.8, 4) is 5.75 Å². The number of nitrogens with one attached hydrogen (secondary N) is 2. The molecule has 0 unspecified atom stereocenters. The maximum Gasteiger partial charge on any atom is 0.254 e. The zero-order chi connectivity index (χ0) is 19.9. The highest BCUT2D eigenvalue weighted by atomic mass is 16.5. The molecule has 0 aliphatic carbocycles. The summed E-state index contributed by atoms with van der Waals surface area (Å²) in [6.45, 7) is 4.69. The number of benzene rings is 2. The van der Waals surface area contributed by atoms with E-state index in [1.165, 1.54) is 18.0 Å². The smallest absolute Gasteiger partial charge is 0.254 e. The highest BCUT2D eigenvalue weighted by Gasteiger charge is 2.10. The first-order valence-electron chi connectivity index (χ1n) is 9.16. The number of hydrogen-bond acceptors (Lipinski definition) is 5. The lowest BCUT2D eigenvalue weighted by Gasteiger charge is -2.13. The zero-order valence-electron chi connectivity index (χ0n) is 16.3. The second-order valence-electron chi connectivity index (χ2n) is 6.69. The number of ether oxygens (including phenoxy) is 1. The molecule has 144 valence electrons. The van der Waals surface area contributed by atoms with Gasteiger partial charge in [0.05, 0.1) is 12.7 Å². The minimum absolute atomic E-state index is 0.218. The van der Waals surface area contributed by atoms with E-state index in [4.69, 9.17) is 4.74 Å². The van der Waals surface area contributed by atoms with Crippen LogP contribution in [0.3, 0.4) is 0 Å². The summed E-state index contributed by atoms with van der Waals surface area (Å²) in [4.78, 5) is 20.9. The summed E-state index contributed by atoms with van der Waals surface area (Å²) in [5, 5.41) is 6.09. The molecule has 28 heavy (non-hydrogen) atoms. The van der Waals surface area contributed by atoms with Crippen LogP contribution in [0.15, 0.2) is 60.9 Å². The quantitative estimate of drug-likeness (QED) is 0.644. The third kappa shape index (κ3) is 4.85. The Kier molecular flexibility index (Phi) is 6.22. The third-order valence-corrected chi connectivity index (χ3v) is 4.36. The maximum atomic E-state index is 12.3. The van der Waals surface area contributed by atoms with E-state index < -0.39 is 0 Å². The van der Waals surface area contributed by atoms with Crippen LogP contribution < -0.4 is 15.4 Å². The molecule has 0 spiro atoms. The van der Waals surface area contributed by atoms with Crippen LogP contribution in [0.5, 0.6) is 5.75 Å². The van der Waals surface area contributed by atoms with E-state index in [2.05, 4.69) is 40.5 Å². The highest BCUT2D eigenvalue weighted by Crippen LogP contribution is 2.25. The molecule has 3 aromatic rings. The lowest BCUT2D eigenvalue weighted by Crippen LogP contribution is -2.23.